The number of hydrogen-bond donors (Lipinski definition) is 1. The third-order valence-electron chi connectivity index (χ3n) is 3.07. The van der Waals surface area contributed by atoms with Gasteiger partial charge in [-0.1, -0.05) is 19.1 Å². The molecule has 15 heavy (non-hydrogen) atoms. The molecule has 1 aliphatic heterocycles. The quantitative estimate of drug-likeness (QED) is 0.835. The number of aliphatic hydroxyl groups is 1. The molecule has 1 fully saturated rings. The van der Waals surface area contributed by atoms with Crippen LogP contribution in [0.5, 0.6) is 5.75 Å². The number of rotatable bonds is 2. The average molecular weight is 224 g/mol. The first-order valence-electron chi connectivity index (χ1n) is 5.11. The third-order valence-corrected chi connectivity index (χ3v) is 4.45. The van der Waals surface area contributed by atoms with Gasteiger partial charge in [0.1, 0.15) is 11.4 Å². The van der Waals surface area contributed by atoms with Crippen molar-refractivity contribution in [3.8, 4) is 5.75 Å². The van der Waals surface area contributed by atoms with Crippen LogP contribution in [0.3, 0.4) is 0 Å². The van der Waals surface area contributed by atoms with Gasteiger partial charge in [0.15, 0.2) is 0 Å². The number of benzene rings is 1. The third kappa shape index (κ3) is 1.86. The highest BCUT2D eigenvalue weighted by Gasteiger charge is 2.40. The number of thioether (sulfide) groups is 1. The Bertz CT molecular complexity index is 353. The van der Waals surface area contributed by atoms with E-state index < -0.39 is 5.60 Å². The highest BCUT2D eigenvalue weighted by Crippen LogP contribution is 2.41. The molecular formula is C12H16O2S. The summed E-state index contributed by atoms with van der Waals surface area (Å²) < 4.78 is 5.18. The summed E-state index contributed by atoms with van der Waals surface area (Å²) in [4.78, 5) is 0. The minimum Gasteiger partial charge on any atom is -0.497 e. The van der Waals surface area contributed by atoms with E-state index in [-0.39, 0.29) is 0 Å². The van der Waals surface area contributed by atoms with Crippen LogP contribution in [0, 0.1) is 5.92 Å². The first-order chi connectivity index (χ1) is 7.16. The Morgan fingerprint density at radius 3 is 2.93 bits per heavy atom. The lowest BCUT2D eigenvalue weighted by Crippen LogP contribution is -2.32. The van der Waals surface area contributed by atoms with Gasteiger partial charge in [-0.15, -0.1) is 0 Å². The standard InChI is InChI=1S/C12H16O2S/c1-9-7-15-8-12(9,13)10-4-3-5-11(6-10)14-2/h3-6,9,13H,7-8H2,1-2H3/t9-,12-/m0/s1. The molecule has 0 spiro atoms. The molecule has 1 aromatic carbocycles. The monoisotopic (exact) mass is 224 g/mol. The summed E-state index contributed by atoms with van der Waals surface area (Å²) in [5, 5.41) is 10.6. The van der Waals surface area contributed by atoms with Crippen molar-refractivity contribution in [2.45, 2.75) is 12.5 Å². The Labute approximate surface area is 94.6 Å². The zero-order valence-electron chi connectivity index (χ0n) is 9.06. The Hall–Kier alpha value is -0.670. The molecule has 0 amide bonds. The van der Waals surface area contributed by atoms with Crippen LogP contribution >= 0.6 is 11.8 Å². The summed E-state index contributed by atoms with van der Waals surface area (Å²) in [6.45, 7) is 2.10. The van der Waals surface area contributed by atoms with Crippen LogP contribution in [-0.2, 0) is 5.60 Å². The first-order valence-corrected chi connectivity index (χ1v) is 6.27. The highest BCUT2D eigenvalue weighted by molar-refractivity contribution is 7.99. The second kappa shape index (κ2) is 4.06. The van der Waals surface area contributed by atoms with E-state index in [9.17, 15) is 5.11 Å². The summed E-state index contributed by atoms with van der Waals surface area (Å²) >= 11 is 1.81. The van der Waals surface area contributed by atoms with Crippen LogP contribution in [-0.4, -0.2) is 23.7 Å². The van der Waals surface area contributed by atoms with Gasteiger partial charge in [-0.25, -0.2) is 0 Å². The zero-order valence-corrected chi connectivity index (χ0v) is 9.88. The van der Waals surface area contributed by atoms with E-state index >= 15 is 0 Å². The van der Waals surface area contributed by atoms with Crippen LogP contribution in [0.15, 0.2) is 24.3 Å². The summed E-state index contributed by atoms with van der Waals surface area (Å²) in [5.41, 5.74) is 0.290. The second-order valence-electron chi connectivity index (χ2n) is 4.07. The van der Waals surface area contributed by atoms with Crippen LogP contribution in [0.25, 0.3) is 0 Å². The van der Waals surface area contributed by atoms with E-state index in [0.717, 1.165) is 22.8 Å². The molecule has 0 bridgehead atoms. The van der Waals surface area contributed by atoms with E-state index in [2.05, 4.69) is 6.92 Å². The lowest BCUT2D eigenvalue weighted by atomic mass is 9.85. The van der Waals surface area contributed by atoms with Gasteiger partial charge >= 0.3 is 0 Å². The molecule has 0 aromatic heterocycles. The van der Waals surface area contributed by atoms with Crippen molar-refractivity contribution in [2.24, 2.45) is 5.92 Å². The van der Waals surface area contributed by atoms with Crippen molar-refractivity contribution in [3.63, 3.8) is 0 Å². The maximum atomic E-state index is 10.6. The van der Waals surface area contributed by atoms with Gasteiger partial charge in [-0.05, 0) is 29.4 Å². The number of methoxy groups -OCH3 is 1. The zero-order chi connectivity index (χ0) is 10.9. The average Bonchev–Trinajstić information content (AvgIpc) is 2.61. The topological polar surface area (TPSA) is 29.5 Å². The van der Waals surface area contributed by atoms with Gasteiger partial charge in [-0.3, -0.25) is 0 Å². The van der Waals surface area contributed by atoms with Gasteiger partial charge in [0, 0.05) is 5.75 Å². The number of hydrogen-bond acceptors (Lipinski definition) is 3. The molecule has 1 saturated heterocycles. The largest absolute Gasteiger partial charge is 0.497 e. The molecule has 1 aliphatic rings. The van der Waals surface area contributed by atoms with Crippen molar-refractivity contribution in [1.29, 1.82) is 0 Å². The van der Waals surface area contributed by atoms with Crippen molar-refractivity contribution in [2.75, 3.05) is 18.6 Å². The molecule has 0 aliphatic carbocycles. The fourth-order valence-corrected chi connectivity index (χ4v) is 3.44. The Morgan fingerprint density at radius 2 is 2.33 bits per heavy atom. The van der Waals surface area contributed by atoms with E-state index in [1.807, 2.05) is 24.3 Å². The van der Waals surface area contributed by atoms with E-state index in [1.54, 1.807) is 18.9 Å². The summed E-state index contributed by atoms with van der Waals surface area (Å²) in [5.74, 6) is 2.91. The minimum atomic E-state index is -0.681. The SMILES string of the molecule is COc1cccc([C@]2(O)CSC[C@@H]2C)c1. The fraction of sp³-hybridized carbons (Fsp3) is 0.500. The highest BCUT2D eigenvalue weighted by atomic mass is 32.2. The van der Waals surface area contributed by atoms with Gasteiger partial charge < -0.3 is 9.84 Å². The molecule has 0 unspecified atom stereocenters. The van der Waals surface area contributed by atoms with Crippen LogP contribution in [0.1, 0.15) is 12.5 Å². The molecule has 2 nitrogen and oxygen atoms in total. The summed E-state index contributed by atoms with van der Waals surface area (Å²) in [6, 6.07) is 7.74. The van der Waals surface area contributed by atoms with Crippen molar-refractivity contribution >= 4 is 11.8 Å². The van der Waals surface area contributed by atoms with Crippen LogP contribution in [0.4, 0.5) is 0 Å². The van der Waals surface area contributed by atoms with Gasteiger partial charge in [0.25, 0.3) is 0 Å². The molecule has 1 aromatic rings. The maximum Gasteiger partial charge on any atom is 0.119 e. The van der Waals surface area contributed by atoms with E-state index in [1.165, 1.54) is 0 Å². The predicted octanol–water partition coefficient (Wildman–Crippen LogP) is 2.27. The smallest absolute Gasteiger partial charge is 0.119 e. The van der Waals surface area contributed by atoms with Crippen molar-refractivity contribution < 1.29 is 9.84 Å². The summed E-state index contributed by atoms with van der Waals surface area (Å²) in [6.07, 6.45) is 0. The number of ether oxygens (including phenoxy) is 1. The van der Waals surface area contributed by atoms with Crippen molar-refractivity contribution in [1.82, 2.24) is 0 Å². The normalized spacial score (nSPS) is 30.5. The Kier molecular flexibility index (Phi) is 2.94. The summed E-state index contributed by atoms with van der Waals surface area (Å²) in [7, 11) is 1.65. The lowest BCUT2D eigenvalue weighted by Gasteiger charge is -2.27. The van der Waals surface area contributed by atoms with Gasteiger partial charge in [0.05, 0.1) is 7.11 Å². The molecule has 0 radical (unpaired) electrons. The van der Waals surface area contributed by atoms with E-state index in [4.69, 9.17) is 4.74 Å². The van der Waals surface area contributed by atoms with Crippen LogP contribution in [0.2, 0.25) is 0 Å². The fourth-order valence-electron chi connectivity index (χ4n) is 1.93. The molecule has 0 saturated carbocycles. The van der Waals surface area contributed by atoms with Gasteiger partial charge in [-0.2, -0.15) is 11.8 Å². The Balaban J connectivity index is 2.35. The molecule has 3 heteroatoms. The minimum absolute atomic E-state index is 0.301. The molecule has 1 heterocycles. The first kappa shape index (κ1) is 10.8. The molecule has 2 atom stereocenters. The lowest BCUT2D eigenvalue weighted by molar-refractivity contribution is 0.0233. The Morgan fingerprint density at radius 1 is 1.53 bits per heavy atom. The molecule has 82 valence electrons. The second-order valence-corrected chi connectivity index (χ2v) is 5.10. The predicted molar refractivity (Wildman–Crippen MR) is 63.4 cm³/mol. The molecular weight excluding hydrogens is 208 g/mol. The van der Waals surface area contributed by atoms with E-state index in [0.29, 0.717) is 5.92 Å². The van der Waals surface area contributed by atoms with Gasteiger partial charge in [0.2, 0.25) is 0 Å². The molecule has 2 rings (SSSR count). The molecule has 1 N–H and O–H groups in total. The van der Waals surface area contributed by atoms with Crippen molar-refractivity contribution in [3.05, 3.63) is 29.8 Å². The maximum absolute atomic E-state index is 10.6. The van der Waals surface area contributed by atoms with Crippen LogP contribution < -0.4 is 4.74 Å².